The molecule has 0 aliphatic heterocycles. The largest absolute Gasteiger partial charge is 0.462 e. The van der Waals surface area contributed by atoms with Gasteiger partial charge in [-0.1, -0.05) is 58.3 Å². The van der Waals surface area contributed by atoms with Crippen LogP contribution in [0.15, 0.2) is 36.5 Å². The van der Waals surface area contributed by atoms with E-state index in [-0.39, 0.29) is 43.1 Å². The van der Waals surface area contributed by atoms with Gasteiger partial charge in [0.15, 0.2) is 0 Å². The summed E-state index contributed by atoms with van der Waals surface area (Å²) in [5.41, 5.74) is 0.0499. The quantitative estimate of drug-likeness (QED) is 0.0894. The molecule has 0 unspecified atom stereocenters. The lowest BCUT2D eigenvalue weighted by atomic mass is 9.90. The van der Waals surface area contributed by atoms with Crippen molar-refractivity contribution in [2.24, 2.45) is 11.8 Å². The number of alkyl carbamates (subject to hydrolysis) is 1. The highest BCUT2D eigenvalue weighted by Crippen LogP contribution is 2.25. The Hall–Kier alpha value is -4.16. The molecule has 47 heavy (non-hydrogen) atoms. The van der Waals surface area contributed by atoms with Gasteiger partial charge in [0.1, 0.15) is 25.9 Å². The molecule has 1 amide bonds. The number of hydrogen-bond acceptors (Lipinski definition) is 12. The molecule has 0 saturated heterocycles. The maximum Gasteiger partial charge on any atom is 0.407 e. The number of amides is 1. The van der Waals surface area contributed by atoms with Crippen LogP contribution < -0.4 is 5.32 Å². The summed E-state index contributed by atoms with van der Waals surface area (Å²) < 4.78 is 31.0. The first-order chi connectivity index (χ1) is 22.4. The van der Waals surface area contributed by atoms with Crippen molar-refractivity contribution in [1.82, 2.24) is 5.32 Å². The summed E-state index contributed by atoms with van der Waals surface area (Å²) in [4.78, 5) is 73.6. The SMILES string of the molecule is C=C(C)C(=O)OCCNC(=O)OC(CC(=O)OCC(=C)C(=O)OCC1CCCCC1)CC(=O)OCC(=C)C(=O)OCC1CCCCC1. The number of ether oxygens (including phenoxy) is 6. The average molecular weight is 664 g/mol. The molecular weight excluding hydrogens is 614 g/mol. The Morgan fingerprint density at radius 2 is 1.09 bits per heavy atom. The molecule has 13 nitrogen and oxygen atoms in total. The summed E-state index contributed by atoms with van der Waals surface area (Å²) >= 11 is 0. The minimum atomic E-state index is -1.34. The molecule has 13 heteroatoms. The van der Waals surface area contributed by atoms with E-state index in [1.807, 2.05) is 0 Å². The second-order valence-corrected chi connectivity index (χ2v) is 12.0. The third-order valence-corrected chi connectivity index (χ3v) is 7.76. The zero-order chi connectivity index (χ0) is 34.6. The second kappa shape index (κ2) is 21.6. The summed E-state index contributed by atoms with van der Waals surface area (Å²) in [5, 5.41) is 2.34. The first-order valence-corrected chi connectivity index (χ1v) is 16.2. The zero-order valence-corrected chi connectivity index (χ0v) is 27.5. The molecule has 0 aromatic heterocycles. The van der Waals surface area contributed by atoms with Crippen molar-refractivity contribution in [2.45, 2.75) is 90.1 Å². The fourth-order valence-corrected chi connectivity index (χ4v) is 5.01. The van der Waals surface area contributed by atoms with Gasteiger partial charge in [-0.3, -0.25) is 9.59 Å². The third-order valence-electron chi connectivity index (χ3n) is 7.76. The Labute approximate surface area is 276 Å². The van der Waals surface area contributed by atoms with Gasteiger partial charge in [0, 0.05) is 5.57 Å². The Balaban J connectivity index is 1.83. The summed E-state index contributed by atoms with van der Waals surface area (Å²) in [7, 11) is 0. The van der Waals surface area contributed by atoms with E-state index in [1.165, 1.54) is 19.8 Å². The van der Waals surface area contributed by atoms with E-state index in [4.69, 9.17) is 28.4 Å². The van der Waals surface area contributed by atoms with Crippen molar-refractivity contribution < 1.29 is 57.2 Å². The van der Waals surface area contributed by atoms with Crippen LogP contribution in [0.1, 0.15) is 84.0 Å². The normalized spacial score (nSPS) is 15.1. The minimum Gasteiger partial charge on any atom is -0.462 e. The van der Waals surface area contributed by atoms with Crippen LogP contribution in [0.3, 0.4) is 0 Å². The summed E-state index contributed by atoms with van der Waals surface area (Å²) in [6.07, 6.45) is 7.21. The predicted octanol–water partition coefficient (Wildman–Crippen LogP) is 4.43. The van der Waals surface area contributed by atoms with Gasteiger partial charge in [0.25, 0.3) is 0 Å². The van der Waals surface area contributed by atoms with E-state index < -0.39 is 68.1 Å². The molecule has 0 aromatic rings. The van der Waals surface area contributed by atoms with Gasteiger partial charge < -0.3 is 33.7 Å². The molecule has 2 saturated carbocycles. The van der Waals surface area contributed by atoms with Crippen LogP contribution in [0, 0.1) is 11.8 Å². The fourth-order valence-electron chi connectivity index (χ4n) is 5.01. The predicted molar refractivity (Wildman–Crippen MR) is 169 cm³/mol. The highest BCUT2D eigenvalue weighted by molar-refractivity contribution is 5.89. The van der Waals surface area contributed by atoms with Crippen molar-refractivity contribution in [3.63, 3.8) is 0 Å². The van der Waals surface area contributed by atoms with Crippen molar-refractivity contribution in [1.29, 1.82) is 0 Å². The first-order valence-electron chi connectivity index (χ1n) is 16.2. The molecule has 2 aliphatic rings. The second-order valence-electron chi connectivity index (χ2n) is 12.0. The van der Waals surface area contributed by atoms with Gasteiger partial charge in [-0.15, -0.1) is 0 Å². The maximum atomic E-state index is 12.6. The number of rotatable bonds is 19. The highest BCUT2D eigenvalue weighted by Gasteiger charge is 2.25. The Morgan fingerprint density at radius 3 is 1.51 bits per heavy atom. The van der Waals surface area contributed by atoms with Gasteiger partial charge in [0.05, 0.1) is 43.7 Å². The lowest BCUT2D eigenvalue weighted by Crippen LogP contribution is -2.34. The summed E-state index contributed by atoms with van der Waals surface area (Å²) in [6.45, 7) is 11.5. The molecule has 0 bridgehead atoms. The van der Waals surface area contributed by atoms with Gasteiger partial charge >= 0.3 is 35.9 Å². The molecule has 0 radical (unpaired) electrons. The van der Waals surface area contributed by atoms with E-state index in [2.05, 4.69) is 25.1 Å². The number of esters is 5. The molecule has 262 valence electrons. The van der Waals surface area contributed by atoms with Crippen molar-refractivity contribution in [3.05, 3.63) is 36.5 Å². The molecular formula is C34H49NO12. The lowest BCUT2D eigenvalue weighted by molar-refractivity contribution is -0.149. The van der Waals surface area contributed by atoms with Crippen LogP contribution in [0.4, 0.5) is 4.79 Å². The topological polar surface area (TPSA) is 170 Å². The molecule has 2 fully saturated rings. The first kappa shape index (κ1) is 39.0. The van der Waals surface area contributed by atoms with Crippen LogP contribution in [-0.2, 0) is 52.4 Å². The molecule has 1 N–H and O–H groups in total. The molecule has 0 heterocycles. The van der Waals surface area contributed by atoms with Crippen LogP contribution in [0.2, 0.25) is 0 Å². The molecule has 0 aromatic carbocycles. The number of hydrogen-bond donors (Lipinski definition) is 1. The monoisotopic (exact) mass is 663 g/mol. The van der Waals surface area contributed by atoms with Crippen molar-refractivity contribution >= 4 is 35.9 Å². The van der Waals surface area contributed by atoms with Crippen LogP contribution in [0.5, 0.6) is 0 Å². The number of nitrogens with one attached hydrogen (secondary N) is 1. The highest BCUT2D eigenvalue weighted by atomic mass is 16.6. The summed E-state index contributed by atoms with van der Waals surface area (Å²) in [5.74, 6) is -3.16. The van der Waals surface area contributed by atoms with Gasteiger partial charge in [-0.05, 0) is 44.4 Å². The van der Waals surface area contributed by atoms with E-state index in [9.17, 15) is 28.8 Å². The van der Waals surface area contributed by atoms with Crippen molar-refractivity contribution in [3.8, 4) is 0 Å². The standard InChI is InChI=1S/C34H49NO12/c1-23(2)31(38)42-16-15-35-34(41)47-28(17-29(36)43-19-24(3)32(39)45-21-26-11-7-5-8-12-26)18-30(37)44-20-25(4)33(40)46-22-27-13-9-6-10-14-27/h26-28H,1,3-22H2,2H3,(H,35,41). The maximum absolute atomic E-state index is 12.6. The Bertz CT molecular complexity index is 1070. The molecule has 2 rings (SSSR count). The fraction of sp³-hybridized carbons (Fsp3) is 0.647. The van der Waals surface area contributed by atoms with Crippen LogP contribution in [0.25, 0.3) is 0 Å². The van der Waals surface area contributed by atoms with Crippen LogP contribution >= 0.6 is 0 Å². The van der Waals surface area contributed by atoms with Crippen molar-refractivity contribution in [2.75, 3.05) is 39.6 Å². The van der Waals surface area contributed by atoms with Gasteiger partial charge in [-0.2, -0.15) is 0 Å². The van der Waals surface area contributed by atoms with E-state index in [0.29, 0.717) is 11.8 Å². The third kappa shape index (κ3) is 16.8. The van der Waals surface area contributed by atoms with E-state index in [1.54, 1.807) is 0 Å². The number of carbonyl (C=O) groups is 6. The smallest absolute Gasteiger partial charge is 0.407 e. The van der Waals surface area contributed by atoms with E-state index in [0.717, 1.165) is 51.4 Å². The Morgan fingerprint density at radius 1 is 0.638 bits per heavy atom. The zero-order valence-electron chi connectivity index (χ0n) is 27.5. The molecule has 0 spiro atoms. The summed E-state index contributed by atoms with van der Waals surface area (Å²) in [6, 6.07) is 0. The Kier molecular flexibility index (Phi) is 17.9. The minimum absolute atomic E-state index is 0.0676. The average Bonchev–Trinajstić information content (AvgIpc) is 3.06. The van der Waals surface area contributed by atoms with E-state index >= 15 is 0 Å². The van der Waals surface area contributed by atoms with Crippen LogP contribution in [-0.4, -0.2) is 81.6 Å². The lowest BCUT2D eigenvalue weighted by Gasteiger charge is -2.21. The number of carbonyl (C=O) groups excluding carboxylic acids is 6. The van der Waals surface area contributed by atoms with Gasteiger partial charge in [0.2, 0.25) is 0 Å². The molecule has 0 atom stereocenters. The van der Waals surface area contributed by atoms with Gasteiger partial charge in [-0.25, -0.2) is 19.2 Å². The molecule has 2 aliphatic carbocycles.